The van der Waals surface area contributed by atoms with Gasteiger partial charge in [-0.05, 0) is 43.7 Å². The van der Waals surface area contributed by atoms with Crippen molar-refractivity contribution in [1.82, 2.24) is 0 Å². The lowest BCUT2D eigenvalue weighted by atomic mass is 9.85. The second kappa shape index (κ2) is 8.02. The Bertz CT molecular complexity index is 696. The van der Waals surface area contributed by atoms with E-state index in [0.29, 0.717) is 23.4 Å². The van der Waals surface area contributed by atoms with Crippen LogP contribution >= 0.6 is 11.8 Å². The monoisotopic (exact) mass is 343 g/mol. The fourth-order valence-corrected chi connectivity index (χ4v) is 2.97. The number of rotatable bonds is 7. The van der Waals surface area contributed by atoms with Crippen LogP contribution in [0.2, 0.25) is 0 Å². The summed E-state index contributed by atoms with van der Waals surface area (Å²) in [6.45, 7) is 3.31. The molecule has 4 nitrogen and oxygen atoms in total. The maximum Gasteiger partial charge on any atom is 0.313 e. The number of carboxylic acid groups (broad SMARTS) is 1. The lowest BCUT2D eigenvalue weighted by Gasteiger charge is -2.19. The molecule has 0 fully saturated rings. The number of carboxylic acids is 1. The first-order valence-electron chi connectivity index (χ1n) is 7.71. The molecule has 0 unspecified atom stereocenters. The van der Waals surface area contributed by atoms with Gasteiger partial charge in [-0.1, -0.05) is 30.3 Å². The van der Waals surface area contributed by atoms with Crippen LogP contribution in [-0.4, -0.2) is 22.7 Å². The molecule has 0 saturated carbocycles. The number of amides is 1. The molecule has 0 aliphatic rings. The highest BCUT2D eigenvalue weighted by Gasteiger charge is 2.29. The molecular weight excluding hydrogens is 322 g/mol. The Hall–Kier alpha value is -2.27. The number of benzene rings is 2. The minimum Gasteiger partial charge on any atom is -0.481 e. The third-order valence-electron chi connectivity index (χ3n) is 3.77. The van der Waals surface area contributed by atoms with Gasteiger partial charge in [0.2, 0.25) is 5.91 Å². The van der Waals surface area contributed by atoms with Gasteiger partial charge in [-0.15, -0.1) is 11.8 Å². The molecule has 0 saturated heterocycles. The van der Waals surface area contributed by atoms with E-state index < -0.39 is 11.4 Å². The summed E-state index contributed by atoms with van der Waals surface area (Å²) in [6, 6.07) is 16.9. The van der Waals surface area contributed by atoms with Crippen LogP contribution in [0.4, 0.5) is 5.69 Å². The van der Waals surface area contributed by atoms with E-state index in [-0.39, 0.29) is 5.91 Å². The fraction of sp³-hybridized carbons (Fsp3) is 0.263. The van der Waals surface area contributed by atoms with Crippen molar-refractivity contribution in [3.05, 3.63) is 60.2 Å². The van der Waals surface area contributed by atoms with Gasteiger partial charge >= 0.3 is 5.97 Å². The van der Waals surface area contributed by atoms with E-state index in [1.807, 2.05) is 30.3 Å². The lowest BCUT2D eigenvalue weighted by Crippen LogP contribution is -2.28. The molecule has 5 heteroatoms. The summed E-state index contributed by atoms with van der Waals surface area (Å²) in [5, 5.41) is 12.1. The SMILES string of the molecule is CC(C)(C(=O)O)c1ccc(NC(=O)CCSc2ccccc2)cc1. The molecule has 126 valence electrons. The van der Waals surface area contributed by atoms with Gasteiger partial charge in [0, 0.05) is 22.8 Å². The van der Waals surface area contributed by atoms with E-state index in [1.54, 1.807) is 49.9 Å². The highest BCUT2D eigenvalue weighted by Crippen LogP contribution is 2.25. The maximum absolute atomic E-state index is 12.0. The van der Waals surface area contributed by atoms with Crippen LogP contribution in [0, 0.1) is 0 Å². The number of aliphatic carboxylic acids is 1. The molecule has 2 rings (SSSR count). The topological polar surface area (TPSA) is 66.4 Å². The Labute approximate surface area is 146 Å². The molecule has 0 bridgehead atoms. The molecule has 24 heavy (non-hydrogen) atoms. The summed E-state index contributed by atoms with van der Waals surface area (Å²) in [6.07, 6.45) is 0.419. The van der Waals surface area contributed by atoms with Gasteiger partial charge in [0.05, 0.1) is 5.41 Å². The number of thioether (sulfide) groups is 1. The Balaban J connectivity index is 1.85. The molecule has 0 radical (unpaired) electrons. The van der Waals surface area contributed by atoms with Crippen molar-refractivity contribution in [3.63, 3.8) is 0 Å². The van der Waals surface area contributed by atoms with Crippen LogP contribution in [0.3, 0.4) is 0 Å². The Kier molecular flexibility index (Phi) is 6.04. The number of carbonyl (C=O) groups excluding carboxylic acids is 1. The van der Waals surface area contributed by atoms with Crippen molar-refractivity contribution in [2.45, 2.75) is 30.6 Å². The van der Waals surface area contributed by atoms with Gasteiger partial charge in [0.1, 0.15) is 0 Å². The standard InChI is InChI=1S/C19H21NO3S/c1-19(2,18(22)23)14-8-10-15(11-9-14)20-17(21)12-13-24-16-6-4-3-5-7-16/h3-11H,12-13H2,1-2H3,(H,20,21)(H,22,23). The van der Waals surface area contributed by atoms with E-state index in [9.17, 15) is 14.7 Å². The quantitative estimate of drug-likeness (QED) is 0.741. The molecule has 1 amide bonds. The van der Waals surface area contributed by atoms with Crippen LogP contribution in [0.1, 0.15) is 25.8 Å². The zero-order chi connectivity index (χ0) is 17.6. The van der Waals surface area contributed by atoms with E-state index in [4.69, 9.17) is 0 Å². The minimum atomic E-state index is -0.950. The second-order valence-electron chi connectivity index (χ2n) is 5.97. The van der Waals surface area contributed by atoms with Gasteiger partial charge in [0.25, 0.3) is 0 Å². The first kappa shape index (κ1) is 18.1. The molecular formula is C19H21NO3S. The molecule has 0 atom stereocenters. The summed E-state index contributed by atoms with van der Waals surface area (Å²) in [5.41, 5.74) is 0.428. The average molecular weight is 343 g/mol. The largest absolute Gasteiger partial charge is 0.481 e. The first-order valence-corrected chi connectivity index (χ1v) is 8.70. The summed E-state index contributed by atoms with van der Waals surface area (Å²) >= 11 is 1.64. The number of nitrogens with one attached hydrogen (secondary N) is 1. The zero-order valence-electron chi connectivity index (χ0n) is 13.8. The molecule has 0 aliphatic carbocycles. The van der Waals surface area contributed by atoms with Crippen LogP contribution in [0.5, 0.6) is 0 Å². The molecule has 2 N–H and O–H groups in total. The molecule has 0 aromatic heterocycles. The third kappa shape index (κ3) is 4.86. The predicted molar refractivity (Wildman–Crippen MR) is 97.5 cm³/mol. The lowest BCUT2D eigenvalue weighted by molar-refractivity contribution is -0.142. The van der Waals surface area contributed by atoms with Gasteiger partial charge in [0.15, 0.2) is 0 Å². The zero-order valence-corrected chi connectivity index (χ0v) is 14.6. The summed E-state index contributed by atoms with van der Waals surface area (Å²) in [4.78, 5) is 24.4. The molecule has 0 spiro atoms. The van der Waals surface area contributed by atoms with Crippen molar-refractivity contribution in [2.24, 2.45) is 0 Å². The molecule has 0 heterocycles. The Morgan fingerprint density at radius 1 is 1.04 bits per heavy atom. The van der Waals surface area contributed by atoms with Crippen LogP contribution in [-0.2, 0) is 15.0 Å². The maximum atomic E-state index is 12.0. The number of anilines is 1. The van der Waals surface area contributed by atoms with Crippen LogP contribution in [0.15, 0.2) is 59.5 Å². The number of carbonyl (C=O) groups is 2. The fourth-order valence-electron chi connectivity index (χ4n) is 2.10. The van der Waals surface area contributed by atoms with Crippen molar-refractivity contribution < 1.29 is 14.7 Å². The van der Waals surface area contributed by atoms with E-state index in [0.717, 1.165) is 4.90 Å². The predicted octanol–water partition coefficient (Wildman–Crippen LogP) is 4.17. The molecule has 2 aromatic carbocycles. The summed E-state index contributed by atoms with van der Waals surface area (Å²) < 4.78 is 0. The molecule has 0 aliphatic heterocycles. The first-order chi connectivity index (χ1) is 11.4. The van der Waals surface area contributed by atoms with E-state index in [2.05, 4.69) is 5.32 Å². The van der Waals surface area contributed by atoms with E-state index in [1.165, 1.54) is 0 Å². The van der Waals surface area contributed by atoms with Gasteiger partial charge in [-0.25, -0.2) is 0 Å². The second-order valence-corrected chi connectivity index (χ2v) is 7.14. The van der Waals surface area contributed by atoms with Gasteiger partial charge in [-0.3, -0.25) is 9.59 Å². The van der Waals surface area contributed by atoms with E-state index >= 15 is 0 Å². The highest BCUT2D eigenvalue weighted by atomic mass is 32.2. The smallest absolute Gasteiger partial charge is 0.313 e. The van der Waals surface area contributed by atoms with Crippen LogP contribution < -0.4 is 5.32 Å². The van der Waals surface area contributed by atoms with Gasteiger partial charge in [-0.2, -0.15) is 0 Å². The van der Waals surface area contributed by atoms with Crippen molar-refractivity contribution in [3.8, 4) is 0 Å². The molecule has 2 aromatic rings. The number of hydrogen-bond donors (Lipinski definition) is 2. The number of hydrogen-bond acceptors (Lipinski definition) is 3. The van der Waals surface area contributed by atoms with Gasteiger partial charge < -0.3 is 10.4 Å². The van der Waals surface area contributed by atoms with Crippen molar-refractivity contribution in [1.29, 1.82) is 0 Å². The Morgan fingerprint density at radius 2 is 1.67 bits per heavy atom. The van der Waals surface area contributed by atoms with Crippen LogP contribution in [0.25, 0.3) is 0 Å². The summed E-state index contributed by atoms with van der Waals surface area (Å²) in [5.74, 6) is -0.221. The average Bonchev–Trinajstić information content (AvgIpc) is 2.56. The summed E-state index contributed by atoms with van der Waals surface area (Å²) in [7, 11) is 0. The minimum absolute atomic E-state index is 0.0522. The highest BCUT2D eigenvalue weighted by molar-refractivity contribution is 7.99. The third-order valence-corrected chi connectivity index (χ3v) is 4.78. The van der Waals surface area contributed by atoms with Crippen molar-refractivity contribution >= 4 is 29.3 Å². The van der Waals surface area contributed by atoms with Crippen molar-refractivity contribution in [2.75, 3.05) is 11.1 Å². The normalized spacial score (nSPS) is 11.1. The Morgan fingerprint density at radius 3 is 2.25 bits per heavy atom.